The van der Waals surface area contributed by atoms with Gasteiger partial charge in [-0.25, -0.2) is 9.78 Å². The van der Waals surface area contributed by atoms with Gasteiger partial charge < -0.3 is 9.47 Å². The highest BCUT2D eigenvalue weighted by Crippen LogP contribution is 2.30. The van der Waals surface area contributed by atoms with Crippen molar-refractivity contribution in [2.24, 2.45) is 5.92 Å². The summed E-state index contributed by atoms with van der Waals surface area (Å²) in [5, 5.41) is 0.347. The molecule has 104 valence electrons. The first-order valence-electron chi connectivity index (χ1n) is 6.08. The number of halogens is 1. The van der Waals surface area contributed by atoms with Gasteiger partial charge in [-0.1, -0.05) is 25.4 Å². The zero-order valence-electron chi connectivity index (χ0n) is 11.6. The van der Waals surface area contributed by atoms with Crippen molar-refractivity contribution in [2.75, 3.05) is 13.7 Å². The number of carbonyl (C=O) groups excluding carboxylic acids is 1. The Hall–Kier alpha value is -1.55. The monoisotopic (exact) mass is 283 g/mol. The number of methoxy groups -OCH3 is 1. The summed E-state index contributed by atoms with van der Waals surface area (Å²) in [6.07, 6.45) is 1.47. The van der Waals surface area contributed by atoms with Crippen LogP contribution in [0.3, 0.4) is 0 Å². The Bertz CT molecular complexity index is 484. The Balaban J connectivity index is 3.23. The van der Waals surface area contributed by atoms with Crippen LogP contribution in [0.1, 0.15) is 26.3 Å². The van der Waals surface area contributed by atoms with E-state index >= 15 is 0 Å². The van der Waals surface area contributed by atoms with Gasteiger partial charge in [-0.05, 0) is 30.5 Å². The summed E-state index contributed by atoms with van der Waals surface area (Å²) in [6.45, 7) is 6.08. The second kappa shape index (κ2) is 7.14. The number of esters is 1. The molecule has 0 atom stereocenters. The molecule has 0 radical (unpaired) electrons. The van der Waals surface area contributed by atoms with Crippen LogP contribution in [0.4, 0.5) is 0 Å². The third kappa shape index (κ3) is 4.24. The molecule has 0 N–H and O–H groups in total. The molecule has 0 unspecified atom stereocenters. The van der Waals surface area contributed by atoms with Crippen molar-refractivity contribution in [1.82, 2.24) is 4.98 Å². The van der Waals surface area contributed by atoms with Gasteiger partial charge in [0.1, 0.15) is 5.15 Å². The number of aromatic nitrogens is 1. The van der Waals surface area contributed by atoms with Crippen molar-refractivity contribution in [3.05, 3.63) is 28.9 Å². The van der Waals surface area contributed by atoms with Crippen molar-refractivity contribution in [3.8, 4) is 5.88 Å². The molecule has 0 saturated carbocycles. The first-order valence-corrected chi connectivity index (χ1v) is 6.46. The summed E-state index contributed by atoms with van der Waals surface area (Å²) in [5.74, 6) is 0.154. The highest BCUT2D eigenvalue weighted by molar-refractivity contribution is 6.29. The van der Waals surface area contributed by atoms with Crippen LogP contribution in [0.25, 0.3) is 5.57 Å². The highest BCUT2D eigenvalue weighted by atomic mass is 35.5. The van der Waals surface area contributed by atoms with Gasteiger partial charge in [0.05, 0.1) is 13.7 Å². The molecule has 0 aromatic carbocycles. The van der Waals surface area contributed by atoms with E-state index in [-0.39, 0.29) is 11.9 Å². The summed E-state index contributed by atoms with van der Waals surface area (Å²) >= 11 is 5.83. The SMILES string of the molecule is CCOC(=O)/C=C(\c1ccc(Cl)nc1OC)C(C)C. The molecule has 0 aliphatic carbocycles. The van der Waals surface area contributed by atoms with E-state index in [4.69, 9.17) is 21.1 Å². The fraction of sp³-hybridized carbons (Fsp3) is 0.429. The van der Waals surface area contributed by atoms with E-state index in [0.29, 0.717) is 17.6 Å². The maximum Gasteiger partial charge on any atom is 0.331 e. The van der Waals surface area contributed by atoms with Crippen molar-refractivity contribution in [3.63, 3.8) is 0 Å². The number of hydrogen-bond donors (Lipinski definition) is 0. The molecule has 0 saturated heterocycles. The zero-order valence-corrected chi connectivity index (χ0v) is 12.3. The van der Waals surface area contributed by atoms with E-state index in [2.05, 4.69) is 4.98 Å². The second-order valence-electron chi connectivity index (χ2n) is 4.20. The maximum absolute atomic E-state index is 11.6. The molecular weight excluding hydrogens is 266 g/mol. The van der Waals surface area contributed by atoms with Crippen LogP contribution < -0.4 is 4.74 Å². The topological polar surface area (TPSA) is 48.4 Å². The van der Waals surface area contributed by atoms with Crippen LogP contribution in [-0.4, -0.2) is 24.7 Å². The smallest absolute Gasteiger partial charge is 0.331 e. The van der Waals surface area contributed by atoms with Crippen molar-refractivity contribution in [2.45, 2.75) is 20.8 Å². The molecule has 0 aliphatic rings. The molecule has 0 bridgehead atoms. The van der Waals surface area contributed by atoms with Crippen LogP contribution in [0, 0.1) is 5.92 Å². The van der Waals surface area contributed by atoms with E-state index in [1.165, 1.54) is 13.2 Å². The second-order valence-corrected chi connectivity index (χ2v) is 4.58. The fourth-order valence-electron chi connectivity index (χ4n) is 1.66. The molecule has 1 rings (SSSR count). The quantitative estimate of drug-likeness (QED) is 0.472. The Labute approximate surface area is 118 Å². The zero-order chi connectivity index (χ0) is 14.4. The average molecular weight is 284 g/mol. The standard InChI is InChI=1S/C14H18ClNO3/c1-5-19-13(17)8-11(9(2)3)10-6-7-12(15)16-14(10)18-4/h6-9H,5H2,1-4H3/b11-8-. The summed E-state index contributed by atoms with van der Waals surface area (Å²) in [5.41, 5.74) is 1.55. The predicted octanol–water partition coefficient (Wildman–Crippen LogP) is 3.35. The number of hydrogen-bond acceptors (Lipinski definition) is 4. The molecule has 4 nitrogen and oxygen atoms in total. The van der Waals surface area contributed by atoms with E-state index in [0.717, 1.165) is 11.1 Å². The van der Waals surface area contributed by atoms with Crippen molar-refractivity contribution in [1.29, 1.82) is 0 Å². The van der Waals surface area contributed by atoms with Gasteiger partial charge in [0.15, 0.2) is 0 Å². The number of ether oxygens (including phenoxy) is 2. The molecule has 1 aromatic rings. The summed E-state index contributed by atoms with van der Waals surface area (Å²) in [4.78, 5) is 15.7. The van der Waals surface area contributed by atoms with E-state index in [9.17, 15) is 4.79 Å². The Morgan fingerprint density at radius 3 is 2.68 bits per heavy atom. The molecule has 1 aromatic heterocycles. The highest BCUT2D eigenvalue weighted by Gasteiger charge is 2.15. The third-order valence-electron chi connectivity index (χ3n) is 2.51. The molecule has 0 fully saturated rings. The van der Waals surface area contributed by atoms with Crippen LogP contribution in [0.5, 0.6) is 5.88 Å². The van der Waals surface area contributed by atoms with Gasteiger partial charge in [-0.2, -0.15) is 0 Å². The molecular formula is C14H18ClNO3. The van der Waals surface area contributed by atoms with Gasteiger partial charge in [0, 0.05) is 11.6 Å². The minimum absolute atomic E-state index is 0.126. The predicted molar refractivity (Wildman–Crippen MR) is 75.2 cm³/mol. The first kappa shape index (κ1) is 15.5. The third-order valence-corrected chi connectivity index (χ3v) is 2.72. The number of nitrogens with zero attached hydrogens (tertiary/aromatic N) is 1. The van der Waals surface area contributed by atoms with Crippen LogP contribution in [-0.2, 0) is 9.53 Å². The lowest BCUT2D eigenvalue weighted by Crippen LogP contribution is -2.05. The van der Waals surface area contributed by atoms with Gasteiger partial charge in [0.25, 0.3) is 0 Å². The number of pyridine rings is 1. The molecule has 19 heavy (non-hydrogen) atoms. The summed E-state index contributed by atoms with van der Waals surface area (Å²) in [6, 6.07) is 3.46. The number of carbonyl (C=O) groups is 1. The van der Waals surface area contributed by atoms with Crippen LogP contribution >= 0.6 is 11.6 Å². The largest absolute Gasteiger partial charge is 0.481 e. The summed E-state index contributed by atoms with van der Waals surface area (Å²) in [7, 11) is 1.52. The minimum Gasteiger partial charge on any atom is -0.481 e. The maximum atomic E-state index is 11.6. The first-order chi connectivity index (χ1) is 8.99. The molecule has 0 amide bonds. The van der Waals surface area contributed by atoms with Crippen LogP contribution in [0.2, 0.25) is 5.15 Å². The van der Waals surface area contributed by atoms with Gasteiger partial charge in [-0.15, -0.1) is 0 Å². The number of allylic oxidation sites excluding steroid dienone is 1. The molecule has 5 heteroatoms. The molecule has 1 heterocycles. The van der Waals surface area contributed by atoms with Crippen molar-refractivity contribution < 1.29 is 14.3 Å². The van der Waals surface area contributed by atoms with Crippen LogP contribution in [0.15, 0.2) is 18.2 Å². The number of rotatable bonds is 5. The normalized spacial score (nSPS) is 11.6. The lowest BCUT2D eigenvalue weighted by molar-refractivity contribution is -0.137. The lowest BCUT2D eigenvalue weighted by atomic mass is 9.95. The average Bonchev–Trinajstić information content (AvgIpc) is 2.36. The fourth-order valence-corrected chi connectivity index (χ4v) is 1.80. The van der Waals surface area contributed by atoms with Crippen molar-refractivity contribution >= 4 is 23.1 Å². The molecule has 0 spiro atoms. The van der Waals surface area contributed by atoms with Gasteiger partial charge in [-0.3, -0.25) is 0 Å². The van der Waals surface area contributed by atoms with Gasteiger partial charge >= 0.3 is 5.97 Å². The Kier molecular flexibility index (Phi) is 5.83. The van der Waals surface area contributed by atoms with E-state index < -0.39 is 0 Å². The molecule has 0 aliphatic heterocycles. The van der Waals surface area contributed by atoms with E-state index in [1.54, 1.807) is 19.1 Å². The minimum atomic E-state index is -0.372. The van der Waals surface area contributed by atoms with E-state index in [1.807, 2.05) is 13.8 Å². The Morgan fingerprint density at radius 1 is 1.47 bits per heavy atom. The lowest BCUT2D eigenvalue weighted by Gasteiger charge is -2.14. The van der Waals surface area contributed by atoms with Gasteiger partial charge in [0.2, 0.25) is 5.88 Å². The summed E-state index contributed by atoms with van der Waals surface area (Å²) < 4.78 is 10.1. The Morgan fingerprint density at radius 2 is 2.16 bits per heavy atom.